The molecule has 0 heterocycles. The first-order valence-corrected chi connectivity index (χ1v) is 7.92. The van der Waals surface area contributed by atoms with Crippen molar-refractivity contribution in [3.8, 4) is 0 Å². The van der Waals surface area contributed by atoms with Crippen molar-refractivity contribution >= 4 is 5.91 Å². The highest BCUT2D eigenvalue weighted by Crippen LogP contribution is 2.35. The van der Waals surface area contributed by atoms with Crippen LogP contribution in [0.4, 0.5) is 0 Å². The van der Waals surface area contributed by atoms with Gasteiger partial charge in [-0.3, -0.25) is 4.79 Å². The molecule has 0 aromatic carbocycles. The average molecular weight is 255 g/mol. The van der Waals surface area contributed by atoms with Crippen LogP contribution in [-0.2, 0) is 4.79 Å². The summed E-state index contributed by atoms with van der Waals surface area (Å²) < 4.78 is 0. The lowest BCUT2D eigenvalue weighted by Gasteiger charge is -2.29. The molecule has 0 unspecified atom stereocenters. The summed E-state index contributed by atoms with van der Waals surface area (Å²) in [5.41, 5.74) is 5.45. The van der Waals surface area contributed by atoms with E-state index < -0.39 is 0 Å². The van der Waals surface area contributed by atoms with Crippen LogP contribution in [0.15, 0.2) is 0 Å². The molecule has 0 saturated carbocycles. The van der Waals surface area contributed by atoms with Crippen LogP contribution < -0.4 is 5.73 Å². The molecule has 0 rings (SSSR count). The maximum atomic E-state index is 11.8. The number of carbonyl (C=O) groups excluding carboxylic acids is 1. The predicted molar refractivity (Wildman–Crippen MR) is 79.4 cm³/mol. The summed E-state index contributed by atoms with van der Waals surface area (Å²) in [4.78, 5) is 11.8. The maximum absolute atomic E-state index is 11.8. The second-order valence-electron chi connectivity index (χ2n) is 5.62. The summed E-state index contributed by atoms with van der Waals surface area (Å²) in [6.07, 6.45) is 12.7. The number of hydrogen-bond donors (Lipinski definition) is 1. The quantitative estimate of drug-likeness (QED) is 0.500. The van der Waals surface area contributed by atoms with E-state index in [1.54, 1.807) is 0 Å². The number of primary amides is 1. The van der Waals surface area contributed by atoms with Gasteiger partial charge in [-0.1, -0.05) is 72.1 Å². The molecule has 0 aliphatic rings. The smallest absolute Gasteiger partial charge is 0.223 e. The van der Waals surface area contributed by atoms with Crippen molar-refractivity contribution < 1.29 is 4.79 Å². The van der Waals surface area contributed by atoms with Gasteiger partial charge in [-0.2, -0.15) is 0 Å². The summed E-state index contributed by atoms with van der Waals surface area (Å²) >= 11 is 0. The monoisotopic (exact) mass is 255 g/mol. The third-order valence-electron chi connectivity index (χ3n) is 4.22. The minimum Gasteiger partial charge on any atom is -0.369 e. The first kappa shape index (κ1) is 17.5. The molecule has 1 amide bonds. The SMILES string of the molecule is CCCCCCC(CC)(CCCCCC)C(N)=O. The molecule has 108 valence electrons. The molecule has 0 spiro atoms. The van der Waals surface area contributed by atoms with Gasteiger partial charge in [-0.05, 0) is 19.3 Å². The third-order valence-corrected chi connectivity index (χ3v) is 4.22. The molecule has 2 N–H and O–H groups in total. The summed E-state index contributed by atoms with van der Waals surface area (Å²) in [6.45, 7) is 6.54. The van der Waals surface area contributed by atoms with Gasteiger partial charge in [0.05, 0.1) is 0 Å². The Morgan fingerprint density at radius 1 is 0.833 bits per heavy atom. The van der Waals surface area contributed by atoms with Crippen LogP contribution in [0.5, 0.6) is 0 Å². The normalized spacial score (nSPS) is 11.7. The molecule has 0 atom stereocenters. The van der Waals surface area contributed by atoms with Crippen LogP contribution in [-0.4, -0.2) is 5.91 Å². The van der Waals surface area contributed by atoms with Crippen molar-refractivity contribution in [1.29, 1.82) is 0 Å². The fourth-order valence-corrected chi connectivity index (χ4v) is 2.68. The van der Waals surface area contributed by atoms with E-state index in [9.17, 15) is 4.79 Å². The van der Waals surface area contributed by atoms with Gasteiger partial charge in [-0.25, -0.2) is 0 Å². The molecule has 0 aromatic rings. The zero-order valence-electron chi connectivity index (χ0n) is 12.8. The topological polar surface area (TPSA) is 43.1 Å². The Hall–Kier alpha value is -0.530. The Labute approximate surface area is 114 Å². The molecule has 0 aliphatic carbocycles. The highest BCUT2D eigenvalue weighted by molar-refractivity contribution is 5.80. The van der Waals surface area contributed by atoms with Crippen LogP contribution in [0.2, 0.25) is 0 Å². The molecular formula is C16H33NO. The van der Waals surface area contributed by atoms with Gasteiger partial charge in [0, 0.05) is 5.41 Å². The molecule has 2 heteroatoms. The molecular weight excluding hydrogens is 222 g/mol. The second kappa shape index (κ2) is 10.4. The standard InChI is InChI=1S/C16H33NO/c1-4-7-9-11-13-16(6-3,15(17)18)14-12-10-8-5-2/h4-14H2,1-3H3,(H2,17,18). The highest BCUT2D eigenvalue weighted by Gasteiger charge is 2.33. The van der Waals surface area contributed by atoms with Crippen LogP contribution >= 0.6 is 0 Å². The molecule has 18 heavy (non-hydrogen) atoms. The molecule has 0 saturated heterocycles. The summed E-state index contributed by atoms with van der Waals surface area (Å²) in [5, 5.41) is 0. The van der Waals surface area contributed by atoms with Crippen LogP contribution in [0.3, 0.4) is 0 Å². The number of unbranched alkanes of at least 4 members (excludes halogenated alkanes) is 6. The molecule has 0 fully saturated rings. The zero-order chi connectivity index (χ0) is 13.9. The van der Waals surface area contributed by atoms with E-state index in [2.05, 4.69) is 20.8 Å². The summed E-state index contributed by atoms with van der Waals surface area (Å²) in [5.74, 6) is -0.0713. The van der Waals surface area contributed by atoms with Crippen molar-refractivity contribution in [3.05, 3.63) is 0 Å². The Kier molecular flexibility index (Phi) is 10.1. The third kappa shape index (κ3) is 6.42. The van der Waals surface area contributed by atoms with Crippen molar-refractivity contribution in [1.82, 2.24) is 0 Å². The Bertz CT molecular complexity index is 201. The highest BCUT2D eigenvalue weighted by atomic mass is 16.1. The fourth-order valence-electron chi connectivity index (χ4n) is 2.68. The lowest BCUT2D eigenvalue weighted by Crippen LogP contribution is -2.36. The molecule has 0 aliphatic heterocycles. The molecule has 0 aromatic heterocycles. The lowest BCUT2D eigenvalue weighted by molar-refractivity contribution is -0.129. The number of rotatable bonds is 12. The van der Waals surface area contributed by atoms with E-state index in [1.165, 1.54) is 38.5 Å². The van der Waals surface area contributed by atoms with Crippen LogP contribution in [0.25, 0.3) is 0 Å². The van der Waals surface area contributed by atoms with Gasteiger partial charge in [0.1, 0.15) is 0 Å². The first-order valence-electron chi connectivity index (χ1n) is 7.92. The van der Waals surface area contributed by atoms with E-state index in [0.717, 1.165) is 32.1 Å². The fraction of sp³-hybridized carbons (Fsp3) is 0.938. The average Bonchev–Trinajstić information content (AvgIpc) is 2.37. The summed E-state index contributed by atoms with van der Waals surface area (Å²) in [7, 11) is 0. The van der Waals surface area contributed by atoms with Crippen molar-refractivity contribution in [3.63, 3.8) is 0 Å². The van der Waals surface area contributed by atoms with E-state index in [4.69, 9.17) is 5.73 Å². The zero-order valence-corrected chi connectivity index (χ0v) is 12.8. The molecule has 2 nitrogen and oxygen atoms in total. The van der Waals surface area contributed by atoms with Gasteiger partial charge in [-0.15, -0.1) is 0 Å². The Balaban J connectivity index is 4.19. The number of nitrogens with two attached hydrogens (primary N) is 1. The molecule has 0 bridgehead atoms. The van der Waals surface area contributed by atoms with Crippen LogP contribution in [0, 0.1) is 5.41 Å². The minimum absolute atomic E-state index is 0.0713. The van der Waals surface area contributed by atoms with Gasteiger partial charge in [0.15, 0.2) is 0 Å². The van der Waals surface area contributed by atoms with Gasteiger partial charge in [0.25, 0.3) is 0 Å². The maximum Gasteiger partial charge on any atom is 0.223 e. The molecule has 0 radical (unpaired) electrons. The number of carbonyl (C=O) groups is 1. The Morgan fingerprint density at radius 3 is 1.56 bits per heavy atom. The number of hydrogen-bond acceptors (Lipinski definition) is 1. The second-order valence-corrected chi connectivity index (χ2v) is 5.62. The summed E-state index contributed by atoms with van der Waals surface area (Å²) in [6, 6.07) is 0. The predicted octanol–water partition coefficient (Wildman–Crippen LogP) is 4.81. The van der Waals surface area contributed by atoms with E-state index in [0.29, 0.717) is 0 Å². The van der Waals surface area contributed by atoms with Gasteiger partial charge < -0.3 is 5.73 Å². The van der Waals surface area contributed by atoms with Crippen LogP contribution in [0.1, 0.15) is 91.4 Å². The van der Waals surface area contributed by atoms with E-state index in [1.807, 2.05) is 0 Å². The van der Waals surface area contributed by atoms with Crippen molar-refractivity contribution in [2.24, 2.45) is 11.1 Å². The largest absolute Gasteiger partial charge is 0.369 e. The Morgan fingerprint density at radius 2 is 1.28 bits per heavy atom. The number of amides is 1. The van der Waals surface area contributed by atoms with E-state index in [-0.39, 0.29) is 11.3 Å². The lowest BCUT2D eigenvalue weighted by atomic mass is 9.75. The van der Waals surface area contributed by atoms with Crippen molar-refractivity contribution in [2.75, 3.05) is 0 Å². The van der Waals surface area contributed by atoms with Gasteiger partial charge >= 0.3 is 0 Å². The van der Waals surface area contributed by atoms with Crippen molar-refractivity contribution in [2.45, 2.75) is 91.4 Å². The van der Waals surface area contributed by atoms with E-state index >= 15 is 0 Å². The van der Waals surface area contributed by atoms with Gasteiger partial charge in [0.2, 0.25) is 5.91 Å². The minimum atomic E-state index is -0.221. The first-order chi connectivity index (χ1) is 8.63.